The second kappa shape index (κ2) is 3.59. The first-order valence-corrected chi connectivity index (χ1v) is 5.38. The van der Waals surface area contributed by atoms with Crippen LogP contribution in [0.25, 0.3) is 0 Å². The molecule has 0 amide bonds. The molecule has 0 radical (unpaired) electrons. The molecule has 2 saturated heterocycles. The van der Waals surface area contributed by atoms with Crippen LogP contribution in [0, 0.1) is 0 Å². The van der Waals surface area contributed by atoms with Gasteiger partial charge in [-0.2, -0.15) is 0 Å². The fourth-order valence-electron chi connectivity index (χ4n) is 2.09. The number of ether oxygens (including phenoxy) is 2. The Balaban J connectivity index is 1.67. The molecule has 1 atom stereocenters. The van der Waals surface area contributed by atoms with Gasteiger partial charge in [0, 0.05) is 6.54 Å². The number of rotatable bonds is 1. The highest BCUT2D eigenvalue weighted by Gasteiger charge is 2.43. The molecule has 0 saturated carbocycles. The molecule has 80 valence electrons. The maximum atomic E-state index is 5.88. The van der Waals surface area contributed by atoms with Crippen LogP contribution in [0.1, 0.15) is 11.6 Å². The minimum Gasteiger partial charge on any atom is -0.375 e. The van der Waals surface area contributed by atoms with Gasteiger partial charge in [0.05, 0.1) is 25.9 Å². The van der Waals surface area contributed by atoms with Crippen LogP contribution in [-0.2, 0) is 9.47 Å². The van der Waals surface area contributed by atoms with Crippen molar-refractivity contribution in [1.82, 2.24) is 5.32 Å². The summed E-state index contributed by atoms with van der Waals surface area (Å²) in [5.41, 5.74) is 1.28. The number of benzene rings is 1. The molecule has 2 aliphatic heterocycles. The molecule has 0 aromatic heterocycles. The van der Waals surface area contributed by atoms with E-state index in [4.69, 9.17) is 9.47 Å². The summed E-state index contributed by atoms with van der Waals surface area (Å²) in [6.07, 6.45) is 0. The predicted molar refractivity (Wildman–Crippen MR) is 56.7 cm³/mol. The predicted octanol–water partition coefficient (Wildman–Crippen LogP) is 1.12. The quantitative estimate of drug-likeness (QED) is 0.745. The average molecular weight is 205 g/mol. The van der Waals surface area contributed by atoms with Crippen molar-refractivity contribution in [2.75, 3.05) is 26.4 Å². The monoisotopic (exact) mass is 205 g/mol. The average Bonchev–Trinajstić information content (AvgIpc) is 2.28. The van der Waals surface area contributed by atoms with Crippen LogP contribution in [0.15, 0.2) is 30.3 Å². The van der Waals surface area contributed by atoms with Crippen LogP contribution in [0.4, 0.5) is 0 Å². The van der Waals surface area contributed by atoms with E-state index < -0.39 is 0 Å². The molecule has 0 aliphatic carbocycles. The lowest BCUT2D eigenvalue weighted by Crippen LogP contribution is -2.62. The minimum absolute atomic E-state index is 0.0225. The van der Waals surface area contributed by atoms with Crippen molar-refractivity contribution in [3.63, 3.8) is 0 Å². The lowest BCUT2D eigenvalue weighted by Gasteiger charge is -2.46. The lowest BCUT2D eigenvalue weighted by molar-refractivity contribution is -0.224. The van der Waals surface area contributed by atoms with Gasteiger partial charge in [0.1, 0.15) is 5.60 Å². The van der Waals surface area contributed by atoms with Crippen molar-refractivity contribution in [3.8, 4) is 0 Å². The summed E-state index contributed by atoms with van der Waals surface area (Å²) in [7, 11) is 0. The summed E-state index contributed by atoms with van der Waals surface area (Å²) < 4.78 is 11.1. The highest BCUT2D eigenvalue weighted by molar-refractivity contribution is 5.20. The number of hydrogen-bond donors (Lipinski definition) is 1. The molecule has 1 aromatic carbocycles. The number of nitrogens with one attached hydrogen (secondary N) is 1. The fourth-order valence-corrected chi connectivity index (χ4v) is 2.09. The molecule has 3 heteroatoms. The molecule has 3 nitrogen and oxygen atoms in total. The van der Waals surface area contributed by atoms with Gasteiger partial charge < -0.3 is 14.8 Å². The first-order valence-electron chi connectivity index (χ1n) is 5.38. The molecule has 1 spiro atoms. The topological polar surface area (TPSA) is 30.5 Å². The third kappa shape index (κ3) is 1.67. The zero-order chi connectivity index (χ0) is 10.1. The maximum absolute atomic E-state index is 5.88. The Hall–Kier alpha value is -0.900. The van der Waals surface area contributed by atoms with E-state index >= 15 is 0 Å². The lowest BCUT2D eigenvalue weighted by atomic mass is 9.97. The van der Waals surface area contributed by atoms with Crippen molar-refractivity contribution >= 4 is 0 Å². The van der Waals surface area contributed by atoms with Crippen LogP contribution in [-0.4, -0.2) is 32.0 Å². The van der Waals surface area contributed by atoms with E-state index in [0.29, 0.717) is 6.04 Å². The van der Waals surface area contributed by atoms with Crippen molar-refractivity contribution in [3.05, 3.63) is 35.9 Å². The molecular weight excluding hydrogens is 190 g/mol. The fraction of sp³-hybridized carbons (Fsp3) is 0.500. The third-order valence-electron chi connectivity index (χ3n) is 3.16. The number of hydrogen-bond acceptors (Lipinski definition) is 3. The van der Waals surface area contributed by atoms with Crippen molar-refractivity contribution < 1.29 is 9.47 Å². The van der Waals surface area contributed by atoms with Crippen molar-refractivity contribution in [2.24, 2.45) is 0 Å². The van der Waals surface area contributed by atoms with Gasteiger partial charge in [0.2, 0.25) is 0 Å². The van der Waals surface area contributed by atoms with Crippen LogP contribution < -0.4 is 5.32 Å². The normalized spacial score (nSPS) is 28.7. The molecule has 3 rings (SSSR count). The van der Waals surface area contributed by atoms with Gasteiger partial charge >= 0.3 is 0 Å². The standard InChI is InChI=1S/C12H15NO2/c1-2-4-10(5-3-1)11-6-15-12(7-13-11)8-14-9-12/h1-5,11,13H,6-9H2/t11-/m0/s1. The first kappa shape index (κ1) is 9.33. The van der Waals surface area contributed by atoms with Gasteiger partial charge in [0.25, 0.3) is 0 Å². The van der Waals surface area contributed by atoms with Crippen molar-refractivity contribution in [1.29, 1.82) is 0 Å². The molecule has 2 aliphatic rings. The van der Waals surface area contributed by atoms with Gasteiger partial charge in [-0.3, -0.25) is 0 Å². The molecule has 0 unspecified atom stereocenters. The Kier molecular flexibility index (Phi) is 2.24. The Morgan fingerprint density at radius 1 is 1.20 bits per heavy atom. The highest BCUT2D eigenvalue weighted by Crippen LogP contribution is 2.28. The molecule has 1 N–H and O–H groups in total. The van der Waals surface area contributed by atoms with E-state index in [0.717, 1.165) is 26.4 Å². The molecule has 0 bridgehead atoms. The Morgan fingerprint density at radius 3 is 2.53 bits per heavy atom. The molecule has 1 aromatic rings. The van der Waals surface area contributed by atoms with Gasteiger partial charge in [-0.15, -0.1) is 0 Å². The Labute approximate surface area is 89.4 Å². The van der Waals surface area contributed by atoms with Crippen LogP contribution in [0.3, 0.4) is 0 Å². The molecule has 2 fully saturated rings. The minimum atomic E-state index is -0.0225. The van der Waals surface area contributed by atoms with E-state index in [-0.39, 0.29) is 5.60 Å². The first-order chi connectivity index (χ1) is 7.38. The summed E-state index contributed by atoms with van der Waals surface area (Å²) in [6, 6.07) is 10.8. The van der Waals surface area contributed by atoms with Gasteiger partial charge in [-0.05, 0) is 5.56 Å². The number of morpholine rings is 1. The van der Waals surface area contributed by atoms with Crippen LogP contribution >= 0.6 is 0 Å². The zero-order valence-electron chi connectivity index (χ0n) is 8.61. The largest absolute Gasteiger partial charge is 0.375 e. The summed E-state index contributed by atoms with van der Waals surface area (Å²) in [4.78, 5) is 0. The maximum Gasteiger partial charge on any atom is 0.127 e. The summed E-state index contributed by atoms with van der Waals surface area (Å²) in [6.45, 7) is 3.11. The third-order valence-corrected chi connectivity index (χ3v) is 3.16. The smallest absolute Gasteiger partial charge is 0.127 e. The van der Waals surface area contributed by atoms with E-state index in [1.54, 1.807) is 0 Å². The van der Waals surface area contributed by atoms with Crippen LogP contribution in [0.2, 0.25) is 0 Å². The Bertz CT molecular complexity index is 325. The zero-order valence-corrected chi connectivity index (χ0v) is 8.61. The highest BCUT2D eigenvalue weighted by atomic mass is 16.6. The Morgan fingerprint density at radius 2 is 2.00 bits per heavy atom. The summed E-state index contributed by atoms with van der Waals surface area (Å²) in [5, 5.41) is 3.52. The summed E-state index contributed by atoms with van der Waals surface area (Å²) >= 11 is 0. The SMILES string of the molecule is c1ccc([C@@H]2COC3(CN2)COC3)cc1. The van der Waals surface area contributed by atoms with E-state index in [1.165, 1.54) is 5.56 Å². The van der Waals surface area contributed by atoms with E-state index in [2.05, 4.69) is 29.6 Å². The summed E-state index contributed by atoms with van der Waals surface area (Å²) in [5.74, 6) is 0. The molecule has 15 heavy (non-hydrogen) atoms. The second-order valence-corrected chi connectivity index (χ2v) is 4.33. The molecular formula is C12H15NO2. The van der Waals surface area contributed by atoms with Gasteiger partial charge in [-0.1, -0.05) is 30.3 Å². The van der Waals surface area contributed by atoms with Gasteiger partial charge in [0.15, 0.2) is 0 Å². The van der Waals surface area contributed by atoms with Crippen LogP contribution in [0.5, 0.6) is 0 Å². The molecule has 2 heterocycles. The second-order valence-electron chi connectivity index (χ2n) is 4.33. The van der Waals surface area contributed by atoms with Gasteiger partial charge in [-0.25, -0.2) is 0 Å². The van der Waals surface area contributed by atoms with E-state index in [1.807, 2.05) is 6.07 Å². The van der Waals surface area contributed by atoms with Crippen molar-refractivity contribution in [2.45, 2.75) is 11.6 Å². The van der Waals surface area contributed by atoms with E-state index in [9.17, 15) is 0 Å².